The zero-order chi connectivity index (χ0) is 14.7. The Morgan fingerprint density at radius 3 is 2.60 bits per heavy atom. The quantitative estimate of drug-likeness (QED) is 0.912. The molecule has 1 aliphatic rings. The number of nitrogens with zero attached hydrogens (tertiary/aromatic N) is 3. The minimum atomic E-state index is -0.234. The summed E-state index contributed by atoms with van der Waals surface area (Å²) >= 11 is 0. The third-order valence-corrected chi connectivity index (χ3v) is 4.02. The van der Waals surface area contributed by atoms with Crippen LogP contribution in [0.5, 0.6) is 0 Å². The Morgan fingerprint density at radius 1 is 1.45 bits per heavy atom. The molecule has 1 atom stereocenters. The van der Waals surface area contributed by atoms with E-state index in [9.17, 15) is 9.90 Å². The number of aliphatic hydroxyl groups is 1. The highest BCUT2D eigenvalue weighted by molar-refractivity contribution is 5.92. The van der Waals surface area contributed by atoms with Gasteiger partial charge in [-0.15, -0.1) is 0 Å². The molecule has 5 heteroatoms. The average molecular weight is 279 g/mol. The van der Waals surface area contributed by atoms with Crippen LogP contribution in [0.1, 0.15) is 43.6 Å². The second-order valence-electron chi connectivity index (χ2n) is 6.20. The maximum absolute atomic E-state index is 12.3. The van der Waals surface area contributed by atoms with E-state index in [1.54, 1.807) is 16.9 Å². The molecule has 2 rings (SSSR count). The number of piperidine rings is 1. The zero-order valence-corrected chi connectivity index (χ0v) is 12.6. The third kappa shape index (κ3) is 3.60. The van der Waals surface area contributed by atoms with Gasteiger partial charge in [-0.1, -0.05) is 13.8 Å². The molecular formula is C15H25N3O2. The average Bonchev–Trinajstić information content (AvgIpc) is 2.84. The molecule has 2 heterocycles. The molecule has 0 bridgehead atoms. The molecule has 20 heavy (non-hydrogen) atoms. The maximum atomic E-state index is 12.3. The van der Waals surface area contributed by atoms with E-state index in [4.69, 9.17) is 0 Å². The Labute approximate surface area is 120 Å². The highest BCUT2D eigenvalue weighted by atomic mass is 16.3. The van der Waals surface area contributed by atoms with Crippen LogP contribution in [-0.2, 0) is 7.05 Å². The van der Waals surface area contributed by atoms with Crippen LogP contribution >= 0.6 is 0 Å². The van der Waals surface area contributed by atoms with Crippen molar-refractivity contribution in [2.24, 2.45) is 18.9 Å². The van der Waals surface area contributed by atoms with Crippen molar-refractivity contribution >= 4 is 5.91 Å². The van der Waals surface area contributed by atoms with Crippen molar-refractivity contribution in [3.8, 4) is 0 Å². The standard InChI is InChI=1S/C15H25N3O2/c1-11(2)10-14(19)12-4-8-18(9-5-12)15(20)13-6-7-17(3)16-13/h6-7,11-12,14,19H,4-5,8-10H2,1-3H3/t14-/m0/s1. The summed E-state index contributed by atoms with van der Waals surface area (Å²) in [6.45, 7) is 5.69. The lowest BCUT2D eigenvalue weighted by atomic mass is 9.87. The Balaban J connectivity index is 1.86. The van der Waals surface area contributed by atoms with Gasteiger partial charge in [0.1, 0.15) is 5.69 Å². The number of amides is 1. The molecule has 5 nitrogen and oxygen atoms in total. The molecule has 0 aromatic carbocycles. The van der Waals surface area contributed by atoms with Crippen LogP contribution in [0.2, 0.25) is 0 Å². The van der Waals surface area contributed by atoms with E-state index in [0.717, 1.165) is 32.4 Å². The second kappa shape index (κ2) is 6.39. The summed E-state index contributed by atoms with van der Waals surface area (Å²) in [5.41, 5.74) is 0.508. The Kier molecular flexibility index (Phi) is 4.81. The van der Waals surface area contributed by atoms with Gasteiger partial charge in [-0.3, -0.25) is 9.48 Å². The summed E-state index contributed by atoms with van der Waals surface area (Å²) in [4.78, 5) is 14.1. The molecule has 1 saturated heterocycles. The van der Waals surface area contributed by atoms with Crippen LogP contribution in [-0.4, -0.2) is 44.9 Å². The van der Waals surface area contributed by atoms with Gasteiger partial charge in [0.15, 0.2) is 0 Å². The van der Waals surface area contributed by atoms with Crippen molar-refractivity contribution in [3.05, 3.63) is 18.0 Å². The van der Waals surface area contributed by atoms with Crippen molar-refractivity contribution in [1.82, 2.24) is 14.7 Å². The van der Waals surface area contributed by atoms with Crippen molar-refractivity contribution in [1.29, 1.82) is 0 Å². The molecule has 0 saturated carbocycles. The second-order valence-corrected chi connectivity index (χ2v) is 6.20. The third-order valence-electron chi connectivity index (χ3n) is 4.02. The summed E-state index contributed by atoms with van der Waals surface area (Å²) in [6, 6.07) is 1.75. The van der Waals surface area contributed by atoms with Crippen LogP contribution in [0.3, 0.4) is 0 Å². The molecule has 0 spiro atoms. The molecule has 0 aliphatic carbocycles. The van der Waals surface area contributed by atoms with E-state index in [1.165, 1.54) is 0 Å². The number of rotatable bonds is 4. The predicted octanol–water partition coefficient (Wildman–Crippen LogP) is 1.68. The first-order valence-corrected chi connectivity index (χ1v) is 7.44. The van der Waals surface area contributed by atoms with Crippen molar-refractivity contribution in [3.63, 3.8) is 0 Å². The monoisotopic (exact) mass is 279 g/mol. The van der Waals surface area contributed by atoms with Crippen LogP contribution < -0.4 is 0 Å². The summed E-state index contributed by atoms with van der Waals surface area (Å²) in [5.74, 6) is 0.839. The number of likely N-dealkylation sites (tertiary alicyclic amines) is 1. The highest BCUT2D eigenvalue weighted by Gasteiger charge is 2.28. The molecule has 0 unspecified atom stereocenters. The molecule has 1 aromatic rings. The van der Waals surface area contributed by atoms with Gasteiger partial charge in [0.25, 0.3) is 5.91 Å². The molecule has 1 aliphatic heterocycles. The van der Waals surface area contributed by atoms with Gasteiger partial charge in [-0.05, 0) is 37.2 Å². The number of aliphatic hydroxyl groups excluding tert-OH is 1. The Morgan fingerprint density at radius 2 is 2.10 bits per heavy atom. The van der Waals surface area contributed by atoms with Crippen molar-refractivity contribution in [2.45, 2.75) is 39.2 Å². The van der Waals surface area contributed by atoms with E-state index < -0.39 is 0 Å². The topological polar surface area (TPSA) is 58.4 Å². The smallest absolute Gasteiger partial charge is 0.274 e. The first-order valence-electron chi connectivity index (χ1n) is 7.44. The number of carbonyl (C=O) groups is 1. The summed E-state index contributed by atoms with van der Waals surface area (Å²) < 4.78 is 1.65. The van der Waals surface area contributed by atoms with Crippen LogP contribution in [0.4, 0.5) is 0 Å². The number of aromatic nitrogens is 2. The Hall–Kier alpha value is -1.36. The summed E-state index contributed by atoms with van der Waals surface area (Å²) in [7, 11) is 1.81. The van der Waals surface area contributed by atoms with Crippen molar-refractivity contribution < 1.29 is 9.90 Å². The number of carbonyl (C=O) groups excluding carboxylic acids is 1. The van der Waals surface area contributed by atoms with E-state index >= 15 is 0 Å². The van der Waals surface area contributed by atoms with Crippen LogP contribution in [0.25, 0.3) is 0 Å². The van der Waals surface area contributed by atoms with Crippen LogP contribution in [0.15, 0.2) is 12.3 Å². The number of aryl methyl sites for hydroxylation is 1. The molecule has 1 fully saturated rings. The number of hydrogen-bond donors (Lipinski definition) is 1. The highest BCUT2D eigenvalue weighted by Crippen LogP contribution is 2.25. The van der Waals surface area contributed by atoms with Crippen molar-refractivity contribution in [2.75, 3.05) is 13.1 Å². The SMILES string of the molecule is CC(C)C[C@H](O)C1CCN(C(=O)c2ccn(C)n2)CC1. The fourth-order valence-electron chi connectivity index (χ4n) is 2.85. The van der Waals surface area contributed by atoms with E-state index in [0.29, 0.717) is 17.5 Å². The Bertz CT molecular complexity index is 448. The summed E-state index contributed by atoms with van der Waals surface area (Å²) in [5, 5.41) is 14.3. The largest absolute Gasteiger partial charge is 0.393 e. The van der Waals surface area contributed by atoms with Crippen LogP contribution in [0, 0.1) is 11.8 Å². The lowest BCUT2D eigenvalue weighted by molar-refractivity contribution is 0.0382. The summed E-state index contributed by atoms with van der Waals surface area (Å²) in [6.07, 6.45) is 4.16. The molecular weight excluding hydrogens is 254 g/mol. The maximum Gasteiger partial charge on any atom is 0.274 e. The molecule has 1 aromatic heterocycles. The minimum Gasteiger partial charge on any atom is -0.393 e. The van der Waals surface area contributed by atoms with Gasteiger partial charge >= 0.3 is 0 Å². The number of hydrogen-bond acceptors (Lipinski definition) is 3. The molecule has 1 N–H and O–H groups in total. The van der Waals surface area contributed by atoms with Gasteiger partial charge < -0.3 is 10.0 Å². The van der Waals surface area contributed by atoms with Gasteiger partial charge in [-0.2, -0.15) is 5.10 Å². The van der Waals surface area contributed by atoms with E-state index in [2.05, 4.69) is 18.9 Å². The lowest BCUT2D eigenvalue weighted by Gasteiger charge is -2.34. The van der Waals surface area contributed by atoms with Gasteiger partial charge in [0, 0.05) is 26.3 Å². The van der Waals surface area contributed by atoms with E-state index in [-0.39, 0.29) is 12.0 Å². The van der Waals surface area contributed by atoms with Gasteiger partial charge in [-0.25, -0.2) is 0 Å². The zero-order valence-electron chi connectivity index (χ0n) is 12.6. The lowest BCUT2D eigenvalue weighted by Crippen LogP contribution is -2.41. The first kappa shape index (κ1) is 15.0. The fourth-order valence-corrected chi connectivity index (χ4v) is 2.85. The fraction of sp³-hybridized carbons (Fsp3) is 0.733. The molecule has 1 amide bonds. The van der Waals surface area contributed by atoms with Gasteiger partial charge in [0.2, 0.25) is 0 Å². The normalized spacial score (nSPS) is 18.6. The van der Waals surface area contributed by atoms with Gasteiger partial charge in [0.05, 0.1) is 6.10 Å². The van der Waals surface area contributed by atoms with E-state index in [1.807, 2.05) is 11.9 Å². The molecule has 112 valence electrons. The predicted molar refractivity (Wildman–Crippen MR) is 77.3 cm³/mol. The molecule has 0 radical (unpaired) electrons. The minimum absolute atomic E-state index is 0.00222. The first-order chi connectivity index (χ1) is 9.47.